The second-order valence-corrected chi connectivity index (χ2v) is 5.62. The third-order valence-electron chi connectivity index (χ3n) is 3.86. The summed E-state index contributed by atoms with van der Waals surface area (Å²) in [6.07, 6.45) is -4.58. The molecule has 3 nitrogen and oxygen atoms in total. The van der Waals surface area contributed by atoms with Gasteiger partial charge in [-0.2, -0.15) is 18.4 Å². The zero-order valence-corrected chi connectivity index (χ0v) is 11.9. The Bertz CT molecular complexity index is 563. The molecule has 0 amide bonds. The number of rotatable bonds is 2. The smallest absolute Gasteiger partial charge is 0.391 e. The molecule has 0 spiro atoms. The lowest BCUT2D eigenvalue weighted by Crippen LogP contribution is -2.39. The first kappa shape index (κ1) is 15.6. The van der Waals surface area contributed by atoms with Crippen molar-refractivity contribution in [2.75, 3.05) is 11.4 Å². The van der Waals surface area contributed by atoms with Crippen LogP contribution in [0.3, 0.4) is 0 Å². The second-order valence-electron chi connectivity index (χ2n) is 5.62. The third-order valence-corrected chi connectivity index (χ3v) is 3.86. The molecule has 0 unspecified atom stereocenters. The molecule has 1 heterocycles. The molecular weight excluding hydrogens is 281 g/mol. The normalized spacial score (nSPS) is 22.7. The van der Waals surface area contributed by atoms with Crippen molar-refractivity contribution in [2.24, 2.45) is 5.92 Å². The zero-order valence-electron chi connectivity index (χ0n) is 11.9. The summed E-state index contributed by atoms with van der Waals surface area (Å²) >= 11 is 0. The van der Waals surface area contributed by atoms with E-state index in [1.165, 1.54) is 12.1 Å². The van der Waals surface area contributed by atoms with E-state index in [-0.39, 0.29) is 17.5 Å². The van der Waals surface area contributed by atoms with Crippen molar-refractivity contribution in [1.82, 2.24) is 0 Å². The van der Waals surface area contributed by atoms with Crippen molar-refractivity contribution in [2.45, 2.75) is 38.6 Å². The van der Waals surface area contributed by atoms with Crippen LogP contribution in [-0.4, -0.2) is 23.8 Å². The number of halogens is 3. The second kappa shape index (κ2) is 5.57. The van der Waals surface area contributed by atoms with E-state index in [9.17, 15) is 18.3 Å². The van der Waals surface area contributed by atoms with Crippen molar-refractivity contribution < 1.29 is 18.3 Å². The monoisotopic (exact) mass is 298 g/mol. The number of aliphatic hydroxyl groups is 1. The molecular formula is C15H17F3N2O. The molecule has 2 atom stereocenters. The number of hydrogen-bond acceptors (Lipinski definition) is 3. The van der Waals surface area contributed by atoms with Gasteiger partial charge in [0.05, 0.1) is 29.3 Å². The zero-order chi connectivity index (χ0) is 15.8. The van der Waals surface area contributed by atoms with E-state index < -0.39 is 17.8 Å². The highest BCUT2D eigenvalue weighted by Crippen LogP contribution is 2.37. The molecule has 1 aromatic carbocycles. The Kier molecular flexibility index (Phi) is 4.15. The van der Waals surface area contributed by atoms with Crippen molar-refractivity contribution in [3.8, 4) is 6.07 Å². The fraction of sp³-hybridized carbons (Fsp3) is 0.533. The summed E-state index contributed by atoms with van der Waals surface area (Å²) in [5.74, 6) is 0.118. The minimum Gasteiger partial charge on any atom is -0.391 e. The molecule has 0 radical (unpaired) electrons. The summed E-state index contributed by atoms with van der Waals surface area (Å²) < 4.78 is 39.0. The summed E-state index contributed by atoms with van der Waals surface area (Å²) in [7, 11) is 0. The van der Waals surface area contributed by atoms with Crippen LogP contribution in [0, 0.1) is 17.2 Å². The molecule has 114 valence electrons. The fourth-order valence-electron chi connectivity index (χ4n) is 2.95. The van der Waals surface area contributed by atoms with E-state index in [1.807, 2.05) is 13.8 Å². The lowest BCUT2D eigenvalue weighted by Gasteiger charge is -2.31. The number of nitrogens with zero attached hydrogens (tertiary/aromatic N) is 2. The van der Waals surface area contributed by atoms with E-state index in [1.54, 1.807) is 11.0 Å². The molecule has 0 saturated carbocycles. The van der Waals surface area contributed by atoms with Crippen LogP contribution < -0.4 is 4.90 Å². The van der Waals surface area contributed by atoms with Gasteiger partial charge >= 0.3 is 6.18 Å². The Balaban J connectivity index is 2.44. The Labute approximate surface area is 121 Å². The van der Waals surface area contributed by atoms with Gasteiger partial charge in [0.15, 0.2) is 0 Å². The fourth-order valence-corrected chi connectivity index (χ4v) is 2.95. The number of hydrogen-bond donors (Lipinski definition) is 1. The van der Waals surface area contributed by atoms with Crippen LogP contribution in [0.25, 0.3) is 0 Å². The number of benzene rings is 1. The van der Waals surface area contributed by atoms with Crippen LogP contribution in [0.1, 0.15) is 31.4 Å². The van der Waals surface area contributed by atoms with Crippen LogP contribution in [0.4, 0.5) is 18.9 Å². The molecule has 1 N–H and O–H groups in total. The molecule has 1 aromatic rings. The summed E-state index contributed by atoms with van der Waals surface area (Å²) in [4.78, 5) is 1.80. The van der Waals surface area contributed by atoms with Gasteiger partial charge in [0.2, 0.25) is 0 Å². The van der Waals surface area contributed by atoms with Crippen molar-refractivity contribution in [1.29, 1.82) is 5.26 Å². The minimum absolute atomic E-state index is 0.118. The number of nitriles is 1. The predicted molar refractivity (Wildman–Crippen MR) is 72.8 cm³/mol. The quantitative estimate of drug-likeness (QED) is 0.912. The highest BCUT2D eigenvalue weighted by molar-refractivity contribution is 5.56. The van der Waals surface area contributed by atoms with E-state index >= 15 is 0 Å². The van der Waals surface area contributed by atoms with Crippen molar-refractivity contribution in [3.63, 3.8) is 0 Å². The molecule has 0 aromatic heterocycles. The maximum atomic E-state index is 13.0. The molecule has 6 heteroatoms. The Morgan fingerprint density at radius 3 is 2.57 bits per heavy atom. The molecule has 1 saturated heterocycles. The average Bonchev–Trinajstić information content (AvgIpc) is 2.79. The van der Waals surface area contributed by atoms with Crippen LogP contribution in [-0.2, 0) is 6.18 Å². The van der Waals surface area contributed by atoms with Crippen LogP contribution in [0.5, 0.6) is 0 Å². The van der Waals surface area contributed by atoms with E-state index in [0.717, 1.165) is 6.07 Å². The Morgan fingerprint density at radius 2 is 2.05 bits per heavy atom. The van der Waals surface area contributed by atoms with Gasteiger partial charge in [0, 0.05) is 12.2 Å². The maximum Gasteiger partial charge on any atom is 0.417 e. The minimum atomic E-state index is -4.56. The van der Waals surface area contributed by atoms with E-state index in [2.05, 4.69) is 0 Å². The molecule has 21 heavy (non-hydrogen) atoms. The van der Waals surface area contributed by atoms with E-state index in [4.69, 9.17) is 5.26 Å². The standard InChI is InChI=1S/C15H17F3N2O/c1-9(2)14-13(21)5-6-20(14)11-4-3-10(8-19)12(7-11)15(16,17)18/h3-4,7,9,13-14,21H,5-6H2,1-2H3/t13-,14-/m0/s1. The first-order chi connectivity index (χ1) is 9.75. The summed E-state index contributed by atoms with van der Waals surface area (Å²) in [6.45, 7) is 4.37. The largest absolute Gasteiger partial charge is 0.417 e. The third kappa shape index (κ3) is 2.98. The van der Waals surface area contributed by atoms with Crippen molar-refractivity contribution in [3.05, 3.63) is 29.3 Å². The van der Waals surface area contributed by atoms with Gasteiger partial charge in [-0.1, -0.05) is 13.8 Å². The van der Waals surface area contributed by atoms with Gasteiger partial charge in [-0.05, 0) is 30.5 Å². The average molecular weight is 298 g/mol. The summed E-state index contributed by atoms with van der Waals surface area (Å²) in [6, 6.07) is 5.08. The maximum absolute atomic E-state index is 13.0. The first-order valence-electron chi connectivity index (χ1n) is 6.81. The highest BCUT2D eigenvalue weighted by atomic mass is 19.4. The Morgan fingerprint density at radius 1 is 1.38 bits per heavy atom. The lowest BCUT2D eigenvalue weighted by atomic mass is 9.98. The molecule has 0 bridgehead atoms. The first-order valence-corrected chi connectivity index (χ1v) is 6.81. The number of aliphatic hydroxyl groups excluding tert-OH is 1. The van der Waals surface area contributed by atoms with Crippen LogP contribution >= 0.6 is 0 Å². The molecule has 1 aliphatic rings. The van der Waals surface area contributed by atoms with Gasteiger partial charge in [-0.15, -0.1) is 0 Å². The molecule has 2 rings (SSSR count). The van der Waals surface area contributed by atoms with Crippen molar-refractivity contribution >= 4 is 5.69 Å². The van der Waals surface area contributed by atoms with Gasteiger partial charge in [-0.25, -0.2) is 0 Å². The van der Waals surface area contributed by atoms with Gasteiger partial charge in [0.1, 0.15) is 0 Å². The van der Waals surface area contributed by atoms with Gasteiger partial charge in [-0.3, -0.25) is 0 Å². The van der Waals surface area contributed by atoms with Gasteiger partial charge in [0.25, 0.3) is 0 Å². The number of alkyl halides is 3. The molecule has 1 aliphatic heterocycles. The summed E-state index contributed by atoms with van der Waals surface area (Å²) in [5.41, 5.74) is -0.907. The van der Waals surface area contributed by atoms with Crippen LogP contribution in [0.2, 0.25) is 0 Å². The van der Waals surface area contributed by atoms with Gasteiger partial charge < -0.3 is 10.0 Å². The molecule has 0 aliphatic carbocycles. The summed E-state index contributed by atoms with van der Waals surface area (Å²) in [5, 5.41) is 18.8. The highest BCUT2D eigenvalue weighted by Gasteiger charge is 2.38. The molecule has 1 fully saturated rings. The Hall–Kier alpha value is -1.74. The lowest BCUT2D eigenvalue weighted by molar-refractivity contribution is -0.137. The predicted octanol–water partition coefficient (Wildman–Crippen LogP) is 3.17. The topological polar surface area (TPSA) is 47.3 Å². The number of anilines is 1. The van der Waals surface area contributed by atoms with Crippen LogP contribution in [0.15, 0.2) is 18.2 Å². The van der Waals surface area contributed by atoms with E-state index in [0.29, 0.717) is 18.7 Å². The SMILES string of the molecule is CC(C)[C@H]1[C@@H](O)CCN1c1ccc(C#N)c(C(F)(F)F)c1.